The van der Waals surface area contributed by atoms with E-state index in [1.54, 1.807) is 31.2 Å². The first-order chi connectivity index (χ1) is 13.5. The van der Waals surface area contributed by atoms with Crippen LogP contribution in [0.25, 0.3) is 0 Å². The first-order valence-corrected chi connectivity index (χ1v) is 9.42. The summed E-state index contributed by atoms with van der Waals surface area (Å²) in [5.41, 5.74) is 3.64. The smallest absolute Gasteiger partial charge is 0.336 e. The van der Waals surface area contributed by atoms with Gasteiger partial charge in [-0.3, -0.25) is 0 Å². The van der Waals surface area contributed by atoms with Crippen LogP contribution in [0, 0.1) is 6.92 Å². The molecule has 4 nitrogen and oxygen atoms in total. The number of carbonyl (C=O) groups is 1. The zero-order valence-corrected chi connectivity index (χ0v) is 16.7. The Morgan fingerprint density at radius 2 is 1.82 bits per heavy atom. The van der Waals surface area contributed by atoms with Crippen LogP contribution in [0.3, 0.4) is 0 Å². The number of hydrogen-bond donors (Lipinski definition) is 2. The van der Waals surface area contributed by atoms with Crippen molar-refractivity contribution in [3.8, 4) is 5.75 Å². The summed E-state index contributed by atoms with van der Waals surface area (Å²) in [4.78, 5) is 11.3. The molecule has 0 saturated carbocycles. The number of halogens is 2. The van der Waals surface area contributed by atoms with E-state index in [9.17, 15) is 9.90 Å². The average molecular weight is 416 g/mol. The second-order valence-corrected chi connectivity index (χ2v) is 7.10. The number of anilines is 1. The number of benzene rings is 3. The lowest BCUT2D eigenvalue weighted by Crippen LogP contribution is -2.07. The Morgan fingerprint density at radius 1 is 1.04 bits per heavy atom. The van der Waals surface area contributed by atoms with Crippen LogP contribution in [0.1, 0.15) is 27.0 Å². The molecule has 2 N–H and O–H groups in total. The van der Waals surface area contributed by atoms with Gasteiger partial charge in [0.25, 0.3) is 0 Å². The van der Waals surface area contributed by atoms with E-state index < -0.39 is 5.97 Å². The second kappa shape index (κ2) is 9.00. The summed E-state index contributed by atoms with van der Waals surface area (Å²) in [6.45, 7) is 2.65. The predicted molar refractivity (Wildman–Crippen MR) is 113 cm³/mol. The predicted octanol–water partition coefficient (Wildman–Crippen LogP) is 6.19. The maximum Gasteiger partial charge on any atom is 0.336 e. The highest BCUT2D eigenvalue weighted by Crippen LogP contribution is 2.26. The number of hydrogen-bond acceptors (Lipinski definition) is 3. The Morgan fingerprint density at radius 3 is 2.57 bits per heavy atom. The molecule has 6 heteroatoms. The SMILES string of the molecule is Cc1c(NCc2ccccc2OCc2ccc(Cl)c(Cl)c2)cccc1C(=O)O. The van der Waals surface area contributed by atoms with Crippen LogP contribution in [0.15, 0.2) is 60.7 Å². The summed E-state index contributed by atoms with van der Waals surface area (Å²) < 4.78 is 5.96. The third-order valence-corrected chi connectivity index (χ3v) is 5.12. The zero-order valence-electron chi connectivity index (χ0n) is 15.2. The lowest BCUT2D eigenvalue weighted by atomic mass is 10.1. The van der Waals surface area contributed by atoms with Gasteiger partial charge in [-0.1, -0.05) is 53.5 Å². The van der Waals surface area contributed by atoms with E-state index in [0.717, 1.165) is 22.6 Å². The summed E-state index contributed by atoms with van der Waals surface area (Å²) in [5.74, 6) is -0.195. The second-order valence-electron chi connectivity index (χ2n) is 6.28. The Bertz CT molecular complexity index is 1000. The molecule has 0 aliphatic carbocycles. The van der Waals surface area contributed by atoms with Gasteiger partial charge in [0.1, 0.15) is 12.4 Å². The van der Waals surface area contributed by atoms with Crippen molar-refractivity contribution in [2.75, 3.05) is 5.32 Å². The Balaban J connectivity index is 1.71. The third-order valence-electron chi connectivity index (χ3n) is 4.38. The number of para-hydroxylation sites is 1. The minimum Gasteiger partial charge on any atom is -0.489 e. The van der Waals surface area contributed by atoms with Gasteiger partial charge in [-0.05, 0) is 48.4 Å². The molecule has 28 heavy (non-hydrogen) atoms. The molecular formula is C22H19Cl2NO3. The van der Waals surface area contributed by atoms with Crippen molar-refractivity contribution in [1.29, 1.82) is 0 Å². The molecule has 0 aliphatic heterocycles. The van der Waals surface area contributed by atoms with E-state index in [2.05, 4.69) is 5.32 Å². The lowest BCUT2D eigenvalue weighted by Gasteiger charge is -2.15. The van der Waals surface area contributed by atoms with Crippen LogP contribution >= 0.6 is 23.2 Å². The van der Waals surface area contributed by atoms with Crippen LogP contribution in [-0.2, 0) is 13.2 Å². The molecule has 0 spiro atoms. The van der Waals surface area contributed by atoms with Gasteiger partial charge >= 0.3 is 5.97 Å². The van der Waals surface area contributed by atoms with Gasteiger partial charge in [0.2, 0.25) is 0 Å². The van der Waals surface area contributed by atoms with Gasteiger partial charge < -0.3 is 15.2 Å². The molecule has 0 unspecified atom stereocenters. The third kappa shape index (κ3) is 4.77. The van der Waals surface area contributed by atoms with Crippen LogP contribution in [0.5, 0.6) is 5.75 Å². The number of aromatic carboxylic acids is 1. The molecule has 0 atom stereocenters. The lowest BCUT2D eigenvalue weighted by molar-refractivity contribution is 0.0696. The van der Waals surface area contributed by atoms with Crippen molar-refractivity contribution in [1.82, 2.24) is 0 Å². The van der Waals surface area contributed by atoms with Gasteiger partial charge in [0.05, 0.1) is 15.6 Å². The normalized spacial score (nSPS) is 10.5. The molecule has 144 valence electrons. The Kier molecular flexibility index (Phi) is 6.45. The van der Waals surface area contributed by atoms with Crippen molar-refractivity contribution in [2.45, 2.75) is 20.1 Å². The zero-order chi connectivity index (χ0) is 20.1. The van der Waals surface area contributed by atoms with Crippen LogP contribution in [-0.4, -0.2) is 11.1 Å². The summed E-state index contributed by atoms with van der Waals surface area (Å²) in [6, 6.07) is 18.3. The minimum absolute atomic E-state index is 0.286. The maximum atomic E-state index is 11.3. The van der Waals surface area contributed by atoms with Gasteiger partial charge in [0.15, 0.2) is 0 Å². The highest BCUT2D eigenvalue weighted by molar-refractivity contribution is 6.42. The fraction of sp³-hybridized carbons (Fsp3) is 0.136. The number of nitrogens with one attached hydrogen (secondary N) is 1. The average Bonchev–Trinajstić information content (AvgIpc) is 2.68. The fourth-order valence-corrected chi connectivity index (χ4v) is 3.15. The van der Waals surface area contributed by atoms with E-state index in [1.165, 1.54) is 0 Å². The number of ether oxygens (including phenoxy) is 1. The molecule has 0 aliphatic rings. The summed E-state index contributed by atoms with van der Waals surface area (Å²) in [6.07, 6.45) is 0. The van der Waals surface area contributed by atoms with Crippen molar-refractivity contribution < 1.29 is 14.6 Å². The number of rotatable bonds is 7. The molecule has 0 radical (unpaired) electrons. The topological polar surface area (TPSA) is 58.6 Å². The number of carboxylic acids is 1. The molecule has 0 heterocycles. The van der Waals surface area contributed by atoms with Gasteiger partial charge in [-0.15, -0.1) is 0 Å². The molecule has 0 aromatic heterocycles. The Labute approximate surface area is 173 Å². The summed E-state index contributed by atoms with van der Waals surface area (Å²) >= 11 is 12.0. The number of carboxylic acid groups (broad SMARTS) is 1. The molecule has 0 fully saturated rings. The van der Waals surface area contributed by atoms with E-state index in [-0.39, 0.29) is 5.56 Å². The molecule has 3 aromatic rings. The van der Waals surface area contributed by atoms with Crippen LogP contribution in [0.2, 0.25) is 10.0 Å². The molecular weight excluding hydrogens is 397 g/mol. The monoisotopic (exact) mass is 415 g/mol. The van der Waals surface area contributed by atoms with Crippen molar-refractivity contribution in [3.05, 3.63) is 93.0 Å². The standard InChI is InChI=1S/C22H19Cl2NO3/c1-14-17(22(26)27)6-4-7-20(14)25-12-16-5-2-3-8-21(16)28-13-15-9-10-18(23)19(24)11-15/h2-11,25H,12-13H2,1H3,(H,26,27). The first-order valence-electron chi connectivity index (χ1n) is 8.67. The fourth-order valence-electron chi connectivity index (χ4n) is 2.83. The van der Waals surface area contributed by atoms with Gasteiger partial charge in [0, 0.05) is 17.8 Å². The van der Waals surface area contributed by atoms with Crippen LogP contribution in [0.4, 0.5) is 5.69 Å². The molecule has 3 aromatic carbocycles. The van der Waals surface area contributed by atoms with Gasteiger partial charge in [-0.25, -0.2) is 4.79 Å². The Hall–Kier alpha value is -2.69. The van der Waals surface area contributed by atoms with E-state index in [1.807, 2.05) is 36.4 Å². The van der Waals surface area contributed by atoms with Crippen LogP contribution < -0.4 is 10.1 Å². The van der Waals surface area contributed by atoms with E-state index in [4.69, 9.17) is 27.9 Å². The van der Waals surface area contributed by atoms with Crippen molar-refractivity contribution >= 4 is 34.9 Å². The highest BCUT2D eigenvalue weighted by atomic mass is 35.5. The minimum atomic E-state index is -0.938. The van der Waals surface area contributed by atoms with Crippen molar-refractivity contribution in [2.24, 2.45) is 0 Å². The highest BCUT2D eigenvalue weighted by Gasteiger charge is 2.11. The summed E-state index contributed by atoms with van der Waals surface area (Å²) in [7, 11) is 0. The first kappa shape index (κ1) is 20.1. The van der Waals surface area contributed by atoms with Gasteiger partial charge in [-0.2, -0.15) is 0 Å². The van der Waals surface area contributed by atoms with Crippen molar-refractivity contribution in [3.63, 3.8) is 0 Å². The molecule has 0 saturated heterocycles. The molecule has 0 amide bonds. The molecule has 0 bridgehead atoms. The van der Waals surface area contributed by atoms with E-state index in [0.29, 0.717) is 28.8 Å². The summed E-state index contributed by atoms with van der Waals surface area (Å²) in [5, 5.41) is 13.6. The maximum absolute atomic E-state index is 11.3. The quantitative estimate of drug-likeness (QED) is 0.482. The van der Waals surface area contributed by atoms with E-state index >= 15 is 0 Å². The largest absolute Gasteiger partial charge is 0.489 e. The molecule has 3 rings (SSSR count).